The van der Waals surface area contributed by atoms with Crippen molar-refractivity contribution in [1.29, 1.82) is 0 Å². The first-order valence-corrected chi connectivity index (χ1v) is 9.57. The molecule has 2 heterocycles. The molecule has 0 saturated carbocycles. The van der Waals surface area contributed by atoms with E-state index >= 15 is 0 Å². The predicted molar refractivity (Wildman–Crippen MR) is 104 cm³/mol. The number of hydrogen-bond acceptors (Lipinski definition) is 4. The number of aromatic nitrogens is 2. The summed E-state index contributed by atoms with van der Waals surface area (Å²) >= 11 is 1.82. The summed E-state index contributed by atoms with van der Waals surface area (Å²) in [5, 5.41) is 7.80. The third-order valence-corrected chi connectivity index (χ3v) is 5.30. The average molecular weight is 365 g/mol. The zero-order valence-corrected chi connectivity index (χ0v) is 15.3. The van der Waals surface area contributed by atoms with Crippen molar-refractivity contribution in [3.05, 3.63) is 71.4 Å². The molecule has 0 unspecified atom stereocenters. The van der Waals surface area contributed by atoms with Gasteiger partial charge in [0.15, 0.2) is 0 Å². The molecule has 0 saturated heterocycles. The molecule has 1 aliphatic rings. The first-order chi connectivity index (χ1) is 12.7. The van der Waals surface area contributed by atoms with Gasteiger partial charge in [-0.1, -0.05) is 30.3 Å². The van der Waals surface area contributed by atoms with Crippen molar-refractivity contribution in [3.63, 3.8) is 0 Å². The molecule has 2 aromatic carbocycles. The molecule has 1 N–H and O–H groups in total. The molecule has 3 aromatic rings. The number of carbonyl (C=O) groups excluding carboxylic acids is 1. The van der Waals surface area contributed by atoms with E-state index in [9.17, 15) is 4.79 Å². The van der Waals surface area contributed by atoms with Crippen molar-refractivity contribution >= 4 is 23.5 Å². The zero-order chi connectivity index (χ0) is 17.9. The molecular weight excluding hydrogens is 346 g/mol. The fraction of sp³-hybridized carbons (Fsp3) is 0.200. The van der Waals surface area contributed by atoms with Crippen LogP contribution in [0.15, 0.2) is 54.6 Å². The number of benzene rings is 2. The Labute approximate surface area is 156 Å². The first kappa shape index (κ1) is 16.7. The lowest BCUT2D eigenvalue weighted by Gasteiger charge is -2.11. The van der Waals surface area contributed by atoms with Gasteiger partial charge in [-0.05, 0) is 29.8 Å². The van der Waals surface area contributed by atoms with E-state index in [0.29, 0.717) is 6.42 Å². The molecule has 1 amide bonds. The normalized spacial score (nSPS) is 12.7. The Hall–Kier alpha value is -2.73. The lowest BCUT2D eigenvalue weighted by molar-refractivity contribution is -0.115. The molecule has 0 radical (unpaired) electrons. The standard InChI is InChI=1S/C20H19N3O2S/c1-25-16-9-7-15(8-10-16)23-20(17-12-26-13-18(17)22-23)21-19(24)11-14-5-3-2-4-6-14/h2-10H,11-13H2,1H3,(H,21,24). The van der Waals surface area contributed by atoms with Gasteiger partial charge in [-0.2, -0.15) is 16.9 Å². The van der Waals surface area contributed by atoms with Gasteiger partial charge in [-0.15, -0.1) is 0 Å². The lowest BCUT2D eigenvalue weighted by atomic mass is 10.1. The van der Waals surface area contributed by atoms with Gasteiger partial charge in [0.2, 0.25) is 5.91 Å². The van der Waals surface area contributed by atoms with Crippen LogP contribution in [0.1, 0.15) is 16.8 Å². The Kier molecular flexibility index (Phi) is 4.67. The summed E-state index contributed by atoms with van der Waals surface area (Å²) in [6.07, 6.45) is 0.344. The molecule has 6 heteroatoms. The average Bonchev–Trinajstić information content (AvgIpc) is 3.25. The molecule has 5 nitrogen and oxygen atoms in total. The monoisotopic (exact) mass is 365 g/mol. The van der Waals surface area contributed by atoms with E-state index in [1.165, 1.54) is 0 Å². The quantitative estimate of drug-likeness (QED) is 0.747. The third-order valence-electron chi connectivity index (χ3n) is 4.33. The fourth-order valence-electron chi connectivity index (χ4n) is 3.01. The Balaban J connectivity index is 1.63. The second kappa shape index (κ2) is 7.25. The number of hydrogen-bond donors (Lipinski definition) is 1. The van der Waals surface area contributed by atoms with Gasteiger partial charge in [0.1, 0.15) is 11.6 Å². The summed E-state index contributed by atoms with van der Waals surface area (Å²) in [4.78, 5) is 12.6. The van der Waals surface area contributed by atoms with Gasteiger partial charge in [-0.3, -0.25) is 4.79 Å². The van der Waals surface area contributed by atoms with Crippen molar-refractivity contribution in [2.75, 3.05) is 12.4 Å². The van der Waals surface area contributed by atoms with E-state index in [1.807, 2.05) is 71.0 Å². The Morgan fingerprint density at radius 3 is 2.65 bits per heavy atom. The lowest BCUT2D eigenvalue weighted by Crippen LogP contribution is -2.18. The predicted octanol–water partition coefficient (Wildman–Crippen LogP) is 3.81. The molecule has 0 aliphatic carbocycles. The van der Waals surface area contributed by atoms with Crippen LogP contribution < -0.4 is 10.1 Å². The maximum atomic E-state index is 12.6. The van der Waals surface area contributed by atoms with Crippen molar-refractivity contribution < 1.29 is 9.53 Å². The van der Waals surface area contributed by atoms with E-state index in [-0.39, 0.29) is 5.91 Å². The Morgan fingerprint density at radius 2 is 1.92 bits per heavy atom. The second-order valence-electron chi connectivity index (χ2n) is 6.09. The number of nitrogens with one attached hydrogen (secondary N) is 1. The van der Waals surface area contributed by atoms with Crippen LogP contribution in [-0.2, 0) is 22.7 Å². The highest BCUT2D eigenvalue weighted by atomic mass is 32.2. The minimum Gasteiger partial charge on any atom is -0.497 e. The highest BCUT2D eigenvalue weighted by Gasteiger charge is 2.24. The molecule has 0 fully saturated rings. The number of ether oxygens (including phenoxy) is 1. The van der Waals surface area contributed by atoms with Crippen LogP contribution in [0.5, 0.6) is 5.75 Å². The van der Waals surface area contributed by atoms with Crippen LogP contribution in [0.4, 0.5) is 5.82 Å². The van der Waals surface area contributed by atoms with Crippen LogP contribution in [0, 0.1) is 0 Å². The number of rotatable bonds is 5. The summed E-state index contributed by atoms with van der Waals surface area (Å²) in [6, 6.07) is 17.4. The topological polar surface area (TPSA) is 56.1 Å². The summed E-state index contributed by atoms with van der Waals surface area (Å²) < 4.78 is 7.05. The summed E-state index contributed by atoms with van der Waals surface area (Å²) in [6.45, 7) is 0. The number of amides is 1. The first-order valence-electron chi connectivity index (χ1n) is 8.41. The SMILES string of the molecule is COc1ccc(-n2nc3c(c2NC(=O)Cc2ccccc2)CSC3)cc1. The van der Waals surface area contributed by atoms with E-state index in [4.69, 9.17) is 9.84 Å². The molecular formula is C20H19N3O2S. The summed E-state index contributed by atoms with van der Waals surface area (Å²) in [5.74, 6) is 3.27. The minimum absolute atomic E-state index is 0.0365. The fourth-order valence-corrected chi connectivity index (χ4v) is 4.04. The number of anilines is 1. The molecule has 132 valence electrons. The molecule has 4 rings (SSSR count). The van der Waals surface area contributed by atoms with Crippen molar-refractivity contribution in [2.24, 2.45) is 0 Å². The maximum Gasteiger partial charge on any atom is 0.229 e. The smallest absolute Gasteiger partial charge is 0.229 e. The zero-order valence-electron chi connectivity index (χ0n) is 14.4. The Bertz CT molecular complexity index is 920. The molecule has 1 aliphatic heterocycles. The molecule has 26 heavy (non-hydrogen) atoms. The molecule has 1 aromatic heterocycles. The van der Waals surface area contributed by atoms with Gasteiger partial charge >= 0.3 is 0 Å². The van der Waals surface area contributed by atoms with E-state index in [0.717, 1.165) is 45.6 Å². The number of carbonyl (C=O) groups is 1. The largest absolute Gasteiger partial charge is 0.497 e. The van der Waals surface area contributed by atoms with E-state index in [1.54, 1.807) is 7.11 Å². The molecule has 0 bridgehead atoms. The Morgan fingerprint density at radius 1 is 1.15 bits per heavy atom. The third kappa shape index (κ3) is 3.32. The van der Waals surface area contributed by atoms with Crippen LogP contribution in [0.25, 0.3) is 5.69 Å². The van der Waals surface area contributed by atoms with Gasteiger partial charge in [0.25, 0.3) is 0 Å². The number of nitrogens with zero attached hydrogens (tertiary/aromatic N) is 2. The summed E-state index contributed by atoms with van der Waals surface area (Å²) in [7, 11) is 1.64. The van der Waals surface area contributed by atoms with Gasteiger partial charge in [-0.25, -0.2) is 4.68 Å². The van der Waals surface area contributed by atoms with E-state index < -0.39 is 0 Å². The second-order valence-corrected chi connectivity index (χ2v) is 7.07. The van der Waals surface area contributed by atoms with Gasteiger partial charge in [0, 0.05) is 17.1 Å². The van der Waals surface area contributed by atoms with Crippen LogP contribution in [0.3, 0.4) is 0 Å². The van der Waals surface area contributed by atoms with Crippen LogP contribution in [0.2, 0.25) is 0 Å². The highest BCUT2D eigenvalue weighted by molar-refractivity contribution is 7.98. The van der Waals surface area contributed by atoms with Gasteiger partial charge < -0.3 is 10.1 Å². The number of methoxy groups -OCH3 is 1. The summed E-state index contributed by atoms with van der Waals surface area (Å²) in [5.41, 5.74) is 4.06. The maximum absolute atomic E-state index is 12.6. The molecule has 0 atom stereocenters. The van der Waals surface area contributed by atoms with Crippen LogP contribution >= 0.6 is 11.8 Å². The number of fused-ring (bicyclic) bond motifs is 1. The van der Waals surface area contributed by atoms with Crippen LogP contribution in [-0.4, -0.2) is 22.8 Å². The van der Waals surface area contributed by atoms with Crippen molar-refractivity contribution in [1.82, 2.24) is 9.78 Å². The van der Waals surface area contributed by atoms with Gasteiger partial charge in [0.05, 0.1) is 24.9 Å². The van der Waals surface area contributed by atoms with Crippen molar-refractivity contribution in [2.45, 2.75) is 17.9 Å². The molecule has 0 spiro atoms. The minimum atomic E-state index is -0.0365. The highest BCUT2D eigenvalue weighted by Crippen LogP contribution is 2.36. The number of thioether (sulfide) groups is 1. The van der Waals surface area contributed by atoms with E-state index in [2.05, 4.69) is 5.32 Å². The van der Waals surface area contributed by atoms with Crippen molar-refractivity contribution in [3.8, 4) is 11.4 Å².